The van der Waals surface area contributed by atoms with Gasteiger partial charge in [0.15, 0.2) is 11.7 Å². The molecular weight excluding hydrogens is 292 g/mol. The van der Waals surface area contributed by atoms with Crippen LogP contribution in [0.5, 0.6) is 0 Å². The van der Waals surface area contributed by atoms with E-state index in [2.05, 4.69) is 10.3 Å². The molecule has 0 fully saturated rings. The van der Waals surface area contributed by atoms with E-state index in [-0.39, 0.29) is 5.91 Å². The Hall–Kier alpha value is -1.27. The highest BCUT2D eigenvalue weighted by atomic mass is 32.2. The summed E-state index contributed by atoms with van der Waals surface area (Å²) in [5, 5.41) is 2.89. The Morgan fingerprint density at radius 2 is 2.30 bits per heavy atom. The van der Waals surface area contributed by atoms with Crippen molar-refractivity contribution >= 4 is 29.0 Å². The average Bonchev–Trinajstić information content (AvgIpc) is 2.97. The smallest absolute Gasteiger partial charge is 0.261 e. The minimum Gasteiger partial charge on any atom is -0.441 e. The van der Waals surface area contributed by atoms with Crippen LogP contribution < -0.4 is 5.32 Å². The third kappa shape index (κ3) is 2.07. The van der Waals surface area contributed by atoms with Crippen LogP contribution in [0.4, 0.5) is 0 Å². The number of carbonyl (C=O) groups is 1. The SMILES string of the molecule is CCNC(=O)c1sc(SC)c2c1CCc1nc(C)oc1-2. The number of rotatable bonds is 3. The fraction of sp³-hybridized carbons (Fsp3) is 0.429. The second kappa shape index (κ2) is 5.26. The number of oxazole rings is 1. The molecule has 0 saturated carbocycles. The zero-order chi connectivity index (χ0) is 14.3. The van der Waals surface area contributed by atoms with Crippen LogP contribution in [0.1, 0.15) is 33.7 Å². The van der Waals surface area contributed by atoms with Gasteiger partial charge in [0.05, 0.1) is 14.8 Å². The van der Waals surface area contributed by atoms with Crippen LogP contribution in [0.3, 0.4) is 0 Å². The molecule has 0 spiro atoms. The van der Waals surface area contributed by atoms with Gasteiger partial charge in [-0.3, -0.25) is 4.79 Å². The molecule has 106 valence electrons. The van der Waals surface area contributed by atoms with E-state index in [1.165, 1.54) is 0 Å². The molecule has 3 rings (SSSR count). The molecule has 1 amide bonds. The Balaban J connectivity index is 2.16. The summed E-state index contributed by atoms with van der Waals surface area (Å²) >= 11 is 3.22. The molecule has 0 aromatic carbocycles. The van der Waals surface area contributed by atoms with Gasteiger partial charge < -0.3 is 9.73 Å². The predicted molar refractivity (Wildman–Crippen MR) is 81.7 cm³/mol. The van der Waals surface area contributed by atoms with Gasteiger partial charge in [-0.15, -0.1) is 23.1 Å². The van der Waals surface area contributed by atoms with Gasteiger partial charge in [-0.1, -0.05) is 0 Å². The van der Waals surface area contributed by atoms with Crippen molar-refractivity contribution in [3.63, 3.8) is 0 Å². The molecule has 0 saturated heterocycles. The number of aromatic nitrogens is 1. The van der Waals surface area contributed by atoms with Crippen LogP contribution in [-0.4, -0.2) is 23.7 Å². The minimum atomic E-state index is 0.0220. The second-order valence-electron chi connectivity index (χ2n) is 4.64. The molecule has 0 unspecified atom stereocenters. The molecule has 4 nitrogen and oxygen atoms in total. The number of fused-ring (bicyclic) bond motifs is 3. The maximum Gasteiger partial charge on any atom is 0.261 e. The number of aryl methyl sites for hydroxylation is 2. The van der Waals surface area contributed by atoms with Gasteiger partial charge in [0.1, 0.15) is 0 Å². The van der Waals surface area contributed by atoms with Crippen molar-refractivity contribution in [3.8, 4) is 11.3 Å². The molecule has 2 heterocycles. The summed E-state index contributed by atoms with van der Waals surface area (Å²) in [7, 11) is 0. The van der Waals surface area contributed by atoms with Gasteiger partial charge in [0, 0.05) is 19.0 Å². The fourth-order valence-electron chi connectivity index (χ4n) is 2.56. The number of hydrogen-bond acceptors (Lipinski definition) is 5. The van der Waals surface area contributed by atoms with Gasteiger partial charge in [-0.2, -0.15) is 0 Å². The normalized spacial score (nSPS) is 12.9. The summed E-state index contributed by atoms with van der Waals surface area (Å²) in [6.45, 7) is 4.45. The highest BCUT2D eigenvalue weighted by Crippen LogP contribution is 2.46. The molecule has 1 aliphatic carbocycles. The van der Waals surface area contributed by atoms with E-state index in [9.17, 15) is 4.79 Å². The van der Waals surface area contributed by atoms with Crippen molar-refractivity contribution in [1.29, 1.82) is 0 Å². The molecule has 2 aromatic rings. The highest BCUT2D eigenvalue weighted by molar-refractivity contribution is 8.00. The van der Waals surface area contributed by atoms with Crippen LogP contribution in [0, 0.1) is 6.92 Å². The zero-order valence-electron chi connectivity index (χ0n) is 11.7. The topological polar surface area (TPSA) is 55.1 Å². The molecule has 6 heteroatoms. The highest BCUT2D eigenvalue weighted by Gasteiger charge is 2.31. The molecular formula is C14H16N2O2S2. The molecule has 0 aliphatic heterocycles. The molecule has 2 aromatic heterocycles. The Morgan fingerprint density at radius 3 is 3.00 bits per heavy atom. The van der Waals surface area contributed by atoms with E-state index in [4.69, 9.17) is 4.42 Å². The van der Waals surface area contributed by atoms with Crippen molar-refractivity contribution < 1.29 is 9.21 Å². The fourth-order valence-corrected chi connectivity index (χ4v) is 4.56. The third-order valence-electron chi connectivity index (χ3n) is 3.35. The quantitative estimate of drug-likeness (QED) is 0.884. The standard InChI is InChI=1S/C14H16N2O2S2/c1-4-15-13(17)12-8-5-6-9-11(18-7(2)16-9)10(8)14(19-3)20-12/h4-6H2,1-3H3,(H,15,17). The van der Waals surface area contributed by atoms with Crippen molar-refractivity contribution in [2.45, 2.75) is 30.9 Å². The minimum absolute atomic E-state index is 0.0220. The van der Waals surface area contributed by atoms with Crippen LogP contribution in [0.25, 0.3) is 11.3 Å². The lowest BCUT2D eigenvalue weighted by molar-refractivity contribution is 0.0959. The first-order valence-electron chi connectivity index (χ1n) is 6.60. The number of thiophene rings is 1. The molecule has 1 aliphatic rings. The number of thioether (sulfide) groups is 1. The summed E-state index contributed by atoms with van der Waals surface area (Å²) in [6, 6.07) is 0. The molecule has 20 heavy (non-hydrogen) atoms. The van der Waals surface area contributed by atoms with Gasteiger partial charge in [0.2, 0.25) is 0 Å². The van der Waals surface area contributed by atoms with Crippen molar-refractivity contribution in [1.82, 2.24) is 10.3 Å². The van der Waals surface area contributed by atoms with E-state index in [0.717, 1.165) is 44.5 Å². The van der Waals surface area contributed by atoms with E-state index >= 15 is 0 Å². The number of amides is 1. The third-order valence-corrected chi connectivity index (χ3v) is 5.70. The van der Waals surface area contributed by atoms with Crippen LogP contribution in [-0.2, 0) is 12.8 Å². The summed E-state index contributed by atoms with van der Waals surface area (Å²) in [5.74, 6) is 1.58. The van der Waals surface area contributed by atoms with E-state index in [1.54, 1.807) is 23.1 Å². The second-order valence-corrected chi connectivity index (χ2v) is 6.74. The largest absolute Gasteiger partial charge is 0.441 e. The monoisotopic (exact) mass is 308 g/mol. The maximum atomic E-state index is 12.2. The molecule has 0 radical (unpaired) electrons. The Labute approximate surface area is 126 Å². The lowest BCUT2D eigenvalue weighted by Crippen LogP contribution is -2.23. The molecule has 0 bridgehead atoms. The van der Waals surface area contributed by atoms with Gasteiger partial charge in [-0.05, 0) is 31.6 Å². The van der Waals surface area contributed by atoms with Crippen LogP contribution >= 0.6 is 23.1 Å². The molecule has 0 atom stereocenters. The van der Waals surface area contributed by atoms with E-state index < -0.39 is 0 Å². The van der Waals surface area contributed by atoms with Gasteiger partial charge in [-0.25, -0.2) is 4.98 Å². The first-order chi connectivity index (χ1) is 9.65. The lowest BCUT2D eigenvalue weighted by Gasteiger charge is -2.12. The lowest BCUT2D eigenvalue weighted by atomic mass is 9.95. The Kier molecular flexibility index (Phi) is 3.60. The van der Waals surface area contributed by atoms with Crippen molar-refractivity contribution in [2.24, 2.45) is 0 Å². The van der Waals surface area contributed by atoms with Crippen LogP contribution in [0.2, 0.25) is 0 Å². The van der Waals surface area contributed by atoms with E-state index in [0.29, 0.717) is 12.4 Å². The zero-order valence-corrected chi connectivity index (χ0v) is 13.3. The van der Waals surface area contributed by atoms with Crippen LogP contribution in [0.15, 0.2) is 8.63 Å². The summed E-state index contributed by atoms with van der Waals surface area (Å²) in [6.07, 6.45) is 3.74. The summed E-state index contributed by atoms with van der Waals surface area (Å²) < 4.78 is 6.92. The average molecular weight is 308 g/mol. The number of hydrogen-bond donors (Lipinski definition) is 1. The first kappa shape index (κ1) is 13.7. The summed E-state index contributed by atoms with van der Waals surface area (Å²) in [4.78, 5) is 17.5. The maximum absolute atomic E-state index is 12.2. The summed E-state index contributed by atoms with van der Waals surface area (Å²) in [5.41, 5.74) is 3.23. The Morgan fingerprint density at radius 1 is 1.50 bits per heavy atom. The molecule has 1 N–H and O–H groups in total. The Bertz CT molecular complexity index is 673. The first-order valence-corrected chi connectivity index (χ1v) is 8.64. The van der Waals surface area contributed by atoms with Crippen molar-refractivity contribution in [2.75, 3.05) is 12.8 Å². The van der Waals surface area contributed by atoms with E-state index in [1.807, 2.05) is 20.1 Å². The number of carbonyl (C=O) groups excluding carboxylic acids is 1. The van der Waals surface area contributed by atoms with Gasteiger partial charge in [0.25, 0.3) is 5.91 Å². The van der Waals surface area contributed by atoms with Gasteiger partial charge >= 0.3 is 0 Å². The number of nitrogens with one attached hydrogen (secondary N) is 1. The van der Waals surface area contributed by atoms with Crippen molar-refractivity contribution in [3.05, 3.63) is 22.0 Å². The number of nitrogens with zero attached hydrogens (tertiary/aromatic N) is 1. The predicted octanol–water partition coefficient (Wildman–Crippen LogP) is 3.28.